The Kier molecular flexibility index (Phi) is 9.90. The van der Waals surface area contributed by atoms with Crippen molar-refractivity contribution in [2.24, 2.45) is 10.5 Å². The zero-order valence-corrected chi connectivity index (χ0v) is 25.4. The van der Waals surface area contributed by atoms with Gasteiger partial charge in [-0.2, -0.15) is 5.10 Å². The number of ether oxygens (including phenoxy) is 2. The van der Waals surface area contributed by atoms with Crippen LogP contribution in [-0.4, -0.2) is 24.7 Å². The maximum Gasteiger partial charge on any atom is 0.343 e. The van der Waals surface area contributed by atoms with Crippen molar-refractivity contribution < 1.29 is 19.1 Å². The first-order valence-electron chi connectivity index (χ1n) is 12.1. The maximum atomic E-state index is 12.5. The Hall–Kier alpha value is -2.97. The molecule has 0 aliphatic carbocycles. The zero-order chi connectivity index (χ0) is 27.9. The number of nitrogens with zero attached hydrogens (tertiary/aromatic N) is 1. The van der Waals surface area contributed by atoms with Crippen molar-refractivity contribution in [1.29, 1.82) is 0 Å². The van der Waals surface area contributed by atoms with Crippen LogP contribution in [-0.2, 0) is 10.2 Å². The van der Waals surface area contributed by atoms with Gasteiger partial charge in [0.15, 0.2) is 6.61 Å². The SMILES string of the molecule is CC(C)(C)CC(C)(C)c1ccc(OCC(=O)NN=Cc2cc(Br)ccc2OC(=O)c2ccc(Br)cc2)cc1. The van der Waals surface area contributed by atoms with Crippen LogP contribution >= 0.6 is 31.9 Å². The van der Waals surface area contributed by atoms with Crippen molar-refractivity contribution >= 4 is 50.0 Å². The lowest BCUT2D eigenvalue weighted by molar-refractivity contribution is -0.123. The monoisotopic (exact) mass is 642 g/mol. The Morgan fingerprint density at radius 1 is 0.895 bits per heavy atom. The van der Waals surface area contributed by atoms with Gasteiger partial charge in [0, 0.05) is 14.5 Å². The molecule has 200 valence electrons. The minimum Gasteiger partial charge on any atom is -0.484 e. The molecule has 0 aliphatic rings. The van der Waals surface area contributed by atoms with Crippen molar-refractivity contribution in [3.05, 3.63) is 92.4 Å². The van der Waals surface area contributed by atoms with Crippen LogP contribution in [0.1, 0.15) is 62.5 Å². The van der Waals surface area contributed by atoms with Gasteiger partial charge in [-0.15, -0.1) is 0 Å². The normalized spacial score (nSPS) is 11.9. The average Bonchev–Trinajstić information content (AvgIpc) is 2.83. The van der Waals surface area contributed by atoms with Crippen molar-refractivity contribution in [2.45, 2.75) is 46.5 Å². The fraction of sp³-hybridized carbons (Fsp3) is 0.300. The van der Waals surface area contributed by atoms with Gasteiger partial charge in [-0.05, 0) is 77.4 Å². The van der Waals surface area contributed by atoms with Crippen molar-refractivity contribution in [2.75, 3.05) is 6.61 Å². The molecule has 0 aromatic heterocycles. The van der Waals surface area contributed by atoms with Crippen LogP contribution in [0.4, 0.5) is 0 Å². The minimum absolute atomic E-state index is 0.0285. The smallest absolute Gasteiger partial charge is 0.343 e. The van der Waals surface area contributed by atoms with E-state index in [2.05, 4.69) is 77.0 Å². The number of halogens is 2. The molecule has 0 fully saturated rings. The number of carbonyl (C=O) groups is 2. The third-order valence-electron chi connectivity index (χ3n) is 5.63. The van der Waals surface area contributed by atoms with E-state index in [1.165, 1.54) is 11.8 Å². The molecule has 38 heavy (non-hydrogen) atoms. The van der Waals surface area contributed by atoms with Gasteiger partial charge >= 0.3 is 5.97 Å². The van der Waals surface area contributed by atoms with E-state index in [9.17, 15) is 9.59 Å². The highest BCUT2D eigenvalue weighted by molar-refractivity contribution is 9.10. The van der Waals surface area contributed by atoms with Crippen LogP contribution in [0, 0.1) is 5.41 Å². The summed E-state index contributed by atoms with van der Waals surface area (Å²) in [5, 5.41) is 4.00. The van der Waals surface area contributed by atoms with Gasteiger partial charge in [-0.3, -0.25) is 4.79 Å². The summed E-state index contributed by atoms with van der Waals surface area (Å²) in [6.07, 6.45) is 2.46. The first kappa shape index (κ1) is 29.6. The summed E-state index contributed by atoms with van der Waals surface area (Å²) in [6, 6.07) is 19.8. The fourth-order valence-electron chi connectivity index (χ4n) is 4.24. The molecule has 0 saturated carbocycles. The van der Waals surface area contributed by atoms with Crippen molar-refractivity contribution in [3.63, 3.8) is 0 Å². The Bertz CT molecular complexity index is 1300. The Labute approximate surface area is 241 Å². The summed E-state index contributed by atoms with van der Waals surface area (Å²) >= 11 is 6.75. The summed E-state index contributed by atoms with van der Waals surface area (Å²) in [4.78, 5) is 24.8. The number of hydrazone groups is 1. The molecular formula is C30H32Br2N2O4. The van der Waals surface area contributed by atoms with Gasteiger partial charge in [0.1, 0.15) is 11.5 Å². The Morgan fingerprint density at radius 3 is 2.16 bits per heavy atom. The molecule has 0 saturated heterocycles. The summed E-state index contributed by atoms with van der Waals surface area (Å²) in [5.41, 5.74) is 4.84. The summed E-state index contributed by atoms with van der Waals surface area (Å²) in [6.45, 7) is 11.0. The Morgan fingerprint density at radius 2 is 1.53 bits per heavy atom. The number of rotatable bonds is 9. The highest BCUT2D eigenvalue weighted by Gasteiger charge is 2.27. The fourth-order valence-corrected chi connectivity index (χ4v) is 4.89. The Balaban J connectivity index is 1.56. The van der Waals surface area contributed by atoms with Crippen molar-refractivity contribution in [3.8, 4) is 11.5 Å². The van der Waals surface area contributed by atoms with Gasteiger partial charge in [0.05, 0.1) is 11.8 Å². The minimum atomic E-state index is -0.500. The van der Waals surface area contributed by atoms with E-state index < -0.39 is 11.9 Å². The molecule has 0 bridgehead atoms. The van der Waals surface area contributed by atoms with Crippen LogP contribution in [0.15, 0.2) is 80.8 Å². The summed E-state index contributed by atoms with van der Waals surface area (Å²) in [7, 11) is 0. The first-order chi connectivity index (χ1) is 17.8. The van der Waals surface area contributed by atoms with Gasteiger partial charge in [-0.25, -0.2) is 10.2 Å². The highest BCUT2D eigenvalue weighted by Crippen LogP contribution is 2.36. The zero-order valence-electron chi connectivity index (χ0n) is 22.2. The van der Waals surface area contributed by atoms with Gasteiger partial charge in [0.25, 0.3) is 5.91 Å². The standard InChI is InChI=1S/C30H32Br2N2O4/c1-29(2,3)19-30(4,5)22-8-13-25(14-9-22)37-18-27(35)34-33-17-21-16-24(32)12-15-26(21)38-28(36)20-6-10-23(31)11-7-20/h6-17H,18-19H2,1-5H3,(H,34,35). The molecule has 8 heteroatoms. The van der Waals surface area contributed by atoms with Gasteiger partial charge in [-0.1, -0.05) is 78.6 Å². The lowest BCUT2D eigenvalue weighted by atomic mass is 9.72. The van der Waals surface area contributed by atoms with E-state index in [1.807, 2.05) is 24.3 Å². The summed E-state index contributed by atoms with van der Waals surface area (Å²) < 4.78 is 12.8. The number of esters is 1. The molecule has 3 aromatic carbocycles. The van der Waals surface area contributed by atoms with Crippen LogP contribution in [0.3, 0.4) is 0 Å². The molecule has 0 aliphatic heterocycles. The van der Waals surface area contributed by atoms with E-state index >= 15 is 0 Å². The number of benzene rings is 3. The molecule has 6 nitrogen and oxygen atoms in total. The second-order valence-corrected chi connectivity index (χ2v) is 12.6. The van der Waals surface area contributed by atoms with E-state index in [0.717, 1.165) is 15.4 Å². The number of hydrogen-bond acceptors (Lipinski definition) is 5. The van der Waals surface area contributed by atoms with Crippen LogP contribution in [0.2, 0.25) is 0 Å². The number of amides is 1. The molecule has 0 unspecified atom stereocenters. The maximum absolute atomic E-state index is 12.5. The molecule has 1 amide bonds. The highest BCUT2D eigenvalue weighted by atomic mass is 79.9. The molecule has 0 heterocycles. The van der Waals surface area contributed by atoms with E-state index in [4.69, 9.17) is 9.47 Å². The predicted molar refractivity (Wildman–Crippen MR) is 158 cm³/mol. The lowest BCUT2D eigenvalue weighted by Crippen LogP contribution is -2.25. The molecule has 0 atom stereocenters. The topological polar surface area (TPSA) is 77.0 Å². The molecule has 0 radical (unpaired) electrons. The molecular weight excluding hydrogens is 612 g/mol. The van der Waals surface area contributed by atoms with Gasteiger partial charge < -0.3 is 9.47 Å². The molecule has 3 rings (SSSR count). The van der Waals surface area contributed by atoms with E-state index in [-0.39, 0.29) is 17.4 Å². The number of carbonyl (C=O) groups excluding carboxylic acids is 2. The average molecular weight is 644 g/mol. The first-order valence-corrected chi connectivity index (χ1v) is 13.7. The third kappa shape index (κ3) is 9.10. The quantitative estimate of drug-likeness (QED) is 0.112. The second-order valence-electron chi connectivity index (χ2n) is 10.8. The van der Waals surface area contributed by atoms with E-state index in [0.29, 0.717) is 22.6 Å². The molecule has 0 spiro atoms. The molecule has 3 aromatic rings. The molecule has 1 N–H and O–H groups in total. The van der Waals surface area contributed by atoms with Crippen LogP contribution in [0.5, 0.6) is 11.5 Å². The van der Waals surface area contributed by atoms with E-state index in [1.54, 1.807) is 42.5 Å². The predicted octanol–water partition coefficient (Wildman–Crippen LogP) is 7.67. The third-order valence-corrected chi connectivity index (χ3v) is 6.65. The van der Waals surface area contributed by atoms with Crippen LogP contribution in [0.25, 0.3) is 0 Å². The number of hydrogen-bond donors (Lipinski definition) is 1. The largest absolute Gasteiger partial charge is 0.484 e. The van der Waals surface area contributed by atoms with Gasteiger partial charge in [0.2, 0.25) is 0 Å². The lowest BCUT2D eigenvalue weighted by Gasteiger charge is -2.33. The summed E-state index contributed by atoms with van der Waals surface area (Å²) in [5.74, 6) is -0.0000704. The number of nitrogens with one attached hydrogen (secondary N) is 1. The van der Waals surface area contributed by atoms with Crippen LogP contribution < -0.4 is 14.9 Å². The second kappa shape index (κ2) is 12.7. The van der Waals surface area contributed by atoms with Crippen molar-refractivity contribution in [1.82, 2.24) is 5.43 Å².